The molecular weight excluding hydrogens is 306 g/mol. The fourth-order valence-electron chi connectivity index (χ4n) is 2.70. The van der Waals surface area contributed by atoms with Crippen molar-refractivity contribution in [2.24, 2.45) is 5.92 Å². The van der Waals surface area contributed by atoms with Gasteiger partial charge >= 0.3 is 0 Å². The van der Waals surface area contributed by atoms with Crippen molar-refractivity contribution in [3.05, 3.63) is 65.2 Å². The van der Waals surface area contributed by atoms with Crippen LogP contribution in [-0.2, 0) is 9.84 Å². The number of hydrogen-bond acceptors (Lipinski definition) is 3. The molecule has 21 heavy (non-hydrogen) atoms. The van der Waals surface area contributed by atoms with Gasteiger partial charge in [-0.15, -0.1) is 0 Å². The molecule has 0 spiro atoms. The zero-order chi connectivity index (χ0) is 15.0. The highest BCUT2D eigenvalue weighted by molar-refractivity contribution is 7.92. The third kappa shape index (κ3) is 2.44. The number of rotatable bonds is 3. The van der Waals surface area contributed by atoms with Crippen LogP contribution in [0.4, 0.5) is 0 Å². The molecular formula is C16H12ClNO2S. The summed E-state index contributed by atoms with van der Waals surface area (Å²) < 4.78 is 25.3. The molecule has 1 aliphatic carbocycles. The highest BCUT2D eigenvalue weighted by atomic mass is 35.5. The molecule has 0 heterocycles. The minimum atomic E-state index is -3.50. The fourth-order valence-corrected chi connectivity index (χ4v) is 4.99. The quantitative estimate of drug-likeness (QED) is 0.871. The van der Waals surface area contributed by atoms with E-state index >= 15 is 0 Å². The van der Waals surface area contributed by atoms with Gasteiger partial charge in [-0.1, -0.05) is 41.9 Å². The first-order valence-corrected chi connectivity index (χ1v) is 8.42. The van der Waals surface area contributed by atoms with Crippen LogP contribution in [0.1, 0.15) is 11.5 Å². The number of nitrogens with zero attached hydrogens (tertiary/aromatic N) is 1. The van der Waals surface area contributed by atoms with Crippen molar-refractivity contribution in [2.75, 3.05) is 0 Å². The number of benzene rings is 2. The van der Waals surface area contributed by atoms with E-state index in [4.69, 9.17) is 11.6 Å². The predicted molar refractivity (Wildman–Crippen MR) is 80.7 cm³/mol. The van der Waals surface area contributed by atoms with E-state index in [0.29, 0.717) is 5.02 Å². The van der Waals surface area contributed by atoms with Crippen molar-refractivity contribution in [1.82, 2.24) is 0 Å². The summed E-state index contributed by atoms with van der Waals surface area (Å²) in [5.41, 5.74) is 0.804. The molecule has 0 radical (unpaired) electrons. The Bertz CT molecular complexity index is 812. The van der Waals surface area contributed by atoms with Crippen molar-refractivity contribution in [2.45, 2.75) is 16.1 Å². The maximum Gasteiger partial charge on any atom is 0.183 e. The molecule has 0 aromatic heterocycles. The Kier molecular flexibility index (Phi) is 3.48. The van der Waals surface area contributed by atoms with Crippen LogP contribution in [0.25, 0.3) is 0 Å². The number of hydrogen-bond donors (Lipinski definition) is 0. The van der Waals surface area contributed by atoms with Crippen LogP contribution < -0.4 is 0 Å². The van der Waals surface area contributed by atoms with Gasteiger partial charge < -0.3 is 0 Å². The monoisotopic (exact) mass is 317 g/mol. The van der Waals surface area contributed by atoms with Crippen molar-refractivity contribution in [1.29, 1.82) is 5.26 Å². The Labute approximate surface area is 128 Å². The Morgan fingerprint density at radius 3 is 2.38 bits per heavy atom. The predicted octanol–water partition coefficient (Wildman–Crippen LogP) is 3.42. The zero-order valence-corrected chi connectivity index (χ0v) is 12.6. The molecule has 0 saturated heterocycles. The van der Waals surface area contributed by atoms with Crippen LogP contribution in [0.15, 0.2) is 59.5 Å². The molecule has 0 amide bonds. The van der Waals surface area contributed by atoms with E-state index in [1.54, 1.807) is 48.5 Å². The summed E-state index contributed by atoms with van der Waals surface area (Å²) in [5, 5.41) is 9.10. The summed E-state index contributed by atoms with van der Waals surface area (Å²) in [5.74, 6) is -0.826. The average Bonchev–Trinajstić information content (AvgIpc) is 3.23. The van der Waals surface area contributed by atoms with E-state index in [9.17, 15) is 13.7 Å². The molecule has 5 heteroatoms. The van der Waals surface area contributed by atoms with Gasteiger partial charge in [0.2, 0.25) is 0 Å². The van der Waals surface area contributed by atoms with Crippen molar-refractivity contribution >= 4 is 21.4 Å². The van der Waals surface area contributed by atoms with E-state index in [1.807, 2.05) is 6.07 Å². The van der Waals surface area contributed by atoms with E-state index in [2.05, 4.69) is 6.07 Å². The van der Waals surface area contributed by atoms with Crippen molar-refractivity contribution in [3.63, 3.8) is 0 Å². The summed E-state index contributed by atoms with van der Waals surface area (Å²) in [6.07, 6.45) is 0. The second kappa shape index (κ2) is 5.18. The topological polar surface area (TPSA) is 57.9 Å². The highest BCUT2D eigenvalue weighted by Crippen LogP contribution is 2.53. The van der Waals surface area contributed by atoms with Gasteiger partial charge in [-0.2, -0.15) is 5.26 Å². The van der Waals surface area contributed by atoms with E-state index in [1.165, 1.54) is 0 Å². The molecule has 3 atom stereocenters. The fraction of sp³-hybridized carbons (Fsp3) is 0.188. The van der Waals surface area contributed by atoms with Crippen LogP contribution >= 0.6 is 11.6 Å². The van der Waals surface area contributed by atoms with Gasteiger partial charge in [-0.3, -0.25) is 0 Å². The van der Waals surface area contributed by atoms with E-state index in [0.717, 1.165) is 5.56 Å². The number of sulfone groups is 1. The van der Waals surface area contributed by atoms with E-state index < -0.39 is 21.0 Å². The normalized spacial score (nSPS) is 24.3. The summed E-state index contributed by atoms with van der Waals surface area (Å²) in [7, 11) is -3.50. The minimum Gasteiger partial charge on any atom is -0.223 e. The largest absolute Gasteiger partial charge is 0.223 e. The van der Waals surface area contributed by atoms with Crippen LogP contribution in [0, 0.1) is 17.2 Å². The molecule has 3 rings (SSSR count). The van der Waals surface area contributed by atoms with Gasteiger partial charge in [0.15, 0.2) is 9.84 Å². The summed E-state index contributed by atoms with van der Waals surface area (Å²) in [6.45, 7) is 0. The van der Waals surface area contributed by atoms with Crippen molar-refractivity contribution in [3.8, 4) is 6.07 Å². The molecule has 3 nitrogen and oxygen atoms in total. The molecule has 1 aliphatic rings. The Morgan fingerprint density at radius 2 is 1.76 bits per heavy atom. The molecule has 0 bridgehead atoms. The van der Waals surface area contributed by atoms with Gasteiger partial charge in [-0.25, -0.2) is 8.42 Å². The molecule has 0 aliphatic heterocycles. The molecule has 2 aromatic rings. The third-order valence-electron chi connectivity index (χ3n) is 3.77. The summed E-state index contributed by atoms with van der Waals surface area (Å²) in [6, 6.07) is 17.4. The summed E-state index contributed by atoms with van der Waals surface area (Å²) >= 11 is 5.95. The van der Waals surface area contributed by atoms with E-state index in [-0.39, 0.29) is 10.8 Å². The molecule has 1 fully saturated rings. The molecule has 106 valence electrons. The Balaban J connectivity index is 1.99. The second-order valence-electron chi connectivity index (χ2n) is 5.06. The zero-order valence-electron chi connectivity index (χ0n) is 11.0. The van der Waals surface area contributed by atoms with Crippen LogP contribution in [0.2, 0.25) is 5.02 Å². The lowest BCUT2D eigenvalue weighted by atomic mass is 10.1. The molecule has 0 N–H and O–H groups in total. The minimum absolute atomic E-state index is 0.264. The number of halogens is 1. The number of nitriles is 1. The SMILES string of the molecule is N#C[C@@H]1[C@H](c2cccc(Cl)c2)[C@@H]1S(=O)(=O)c1ccccc1. The first-order valence-electron chi connectivity index (χ1n) is 6.50. The second-order valence-corrected chi connectivity index (χ2v) is 7.60. The lowest BCUT2D eigenvalue weighted by molar-refractivity contribution is 0.593. The van der Waals surface area contributed by atoms with Crippen LogP contribution in [-0.4, -0.2) is 13.7 Å². The van der Waals surface area contributed by atoms with Gasteiger partial charge in [0.1, 0.15) is 0 Å². The van der Waals surface area contributed by atoms with Gasteiger partial charge in [0.25, 0.3) is 0 Å². The molecule has 0 unspecified atom stereocenters. The third-order valence-corrected chi connectivity index (χ3v) is 6.23. The lowest BCUT2D eigenvalue weighted by Gasteiger charge is -2.04. The van der Waals surface area contributed by atoms with Crippen LogP contribution in [0.5, 0.6) is 0 Å². The Morgan fingerprint density at radius 1 is 1.05 bits per heavy atom. The lowest BCUT2D eigenvalue weighted by Crippen LogP contribution is -2.10. The maximum absolute atomic E-state index is 12.6. The first kappa shape index (κ1) is 14.1. The van der Waals surface area contributed by atoms with Gasteiger partial charge in [0.05, 0.1) is 22.1 Å². The molecule has 1 saturated carbocycles. The summed E-state index contributed by atoms with van der Waals surface area (Å²) in [4.78, 5) is 0.264. The smallest absolute Gasteiger partial charge is 0.183 e. The molecule has 2 aromatic carbocycles. The Hall–Kier alpha value is -1.83. The standard InChI is InChI=1S/C16H12ClNO2S/c17-12-6-4-5-11(9-12)15-14(10-18)16(15)21(19,20)13-7-2-1-3-8-13/h1-9,14-16H/t14-,15+,16-/m1/s1. The highest BCUT2D eigenvalue weighted by Gasteiger charge is 2.59. The van der Waals surface area contributed by atoms with Gasteiger partial charge in [-0.05, 0) is 29.8 Å². The van der Waals surface area contributed by atoms with Crippen molar-refractivity contribution < 1.29 is 8.42 Å². The maximum atomic E-state index is 12.6. The average molecular weight is 318 g/mol. The first-order chi connectivity index (χ1) is 10.1. The van der Waals surface area contributed by atoms with Gasteiger partial charge in [0, 0.05) is 10.9 Å². The van der Waals surface area contributed by atoms with Crippen LogP contribution in [0.3, 0.4) is 0 Å².